The fourth-order valence-electron chi connectivity index (χ4n) is 1.17. The third-order valence-electron chi connectivity index (χ3n) is 1.72. The van der Waals surface area contributed by atoms with E-state index in [2.05, 4.69) is 10.6 Å². The van der Waals surface area contributed by atoms with Gasteiger partial charge in [-0.25, -0.2) is 0 Å². The summed E-state index contributed by atoms with van der Waals surface area (Å²) in [6.45, 7) is -0.122. The molecule has 2 amide bonds. The second kappa shape index (κ2) is 3.58. The molecular formula is C6H9BN2O3. The highest BCUT2D eigenvalue weighted by Gasteiger charge is 2.31. The Bertz CT molecular complexity index is 209. The van der Waals surface area contributed by atoms with Crippen LogP contribution in [0.3, 0.4) is 0 Å². The average molecular weight is 168 g/mol. The molecule has 0 bridgehead atoms. The standard InChI is InChI=1S/C6H9BN2O3/c7-6(12)9-4-1-3(2-10)8-5(4)11/h3-4,10H,1-2H2,(H,8,11)(H,9,12)/t3-,4-/m1/s1. The second-order valence-electron chi connectivity index (χ2n) is 2.68. The molecule has 1 rings (SSSR count). The highest BCUT2D eigenvalue weighted by Crippen LogP contribution is 2.06. The predicted molar refractivity (Wildman–Crippen MR) is 41.7 cm³/mol. The largest absolute Gasteiger partial charge is 0.394 e. The monoisotopic (exact) mass is 168 g/mol. The van der Waals surface area contributed by atoms with Crippen molar-refractivity contribution in [1.29, 1.82) is 0 Å². The van der Waals surface area contributed by atoms with Crippen LogP contribution in [-0.4, -0.2) is 43.4 Å². The highest BCUT2D eigenvalue weighted by atomic mass is 16.3. The van der Waals surface area contributed by atoms with E-state index in [1.807, 2.05) is 0 Å². The van der Waals surface area contributed by atoms with Gasteiger partial charge in [-0.1, -0.05) is 0 Å². The average Bonchev–Trinajstić information content (AvgIpc) is 2.31. The second-order valence-corrected chi connectivity index (χ2v) is 2.68. The van der Waals surface area contributed by atoms with E-state index in [9.17, 15) is 9.59 Å². The van der Waals surface area contributed by atoms with E-state index in [-0.39, 0.29) is 18.6 Å². The maximum absolute atomic E-state index is 11.0. The van der Waals surface area contributed by atoms with Gasteiger partial charge in [0.25, 0.3) is 0 Å². The van der Waals surface area contributed by atoms with Crippen molar-refractivity contribution in [3.05, 3.63) is 0 Å². The summed E-state index contributed by atoms with van der Waals surface area (Å²) in [6.07, 6.45) is 0.387. The van der Waals surface area contributed by atoms with Crippen molar-refractivity contribution in [1.82, 2.24) is 10.6 Å². The van der Waals surface area contributed by atoms with Crippen LogP contribution in [0.15, 0.2) is 0 Å². The van der Waals surface area contributed by atoms with E-state index < -0.39 is 11.8 Å². The van der Waals surface area contributed by atoms with Crippen LogP contribution in [0, 0.1) is 0 Å². The molecule has 2 radical (unpaired) electrons. The molecule has 0 spiro atoms. The molecule has 6 heteroatoms. The van der Waals surface area contributed by atoms with Gasteiger partial charge in [0.15, 0.2) is 5.81 Å². The maximum Gasteiger partial charge on any atom is 0.242 e. The van der Waals surface area contributed by atoms with E-state index in [1.165, 1.54) is 0 Å². The van der Waals surface area contributed by atoms with Gasteiger partial charge in [-0.3, -0.25) is 9.59 Å². The van der Waals surface area contributed by atoms with Crippen LogP contribution in [0.5, 0.6) is 0 Å². The van der Waals surface area contributed by atoms with Crippen molar-refractivity contribution in [3.63, 3.8) is 0 Å². The molecule has 0 aromatic heterocycles. The van der Waals surface area contributed by atoms with Crippen LogP contribution in [-0.2, 0) is 4.79 Å². The number of hydrogen-bond donors (Lipinski definition) is 3. The smallest absolute Gasteiger partial charge is 0.242 e. The number of rotatable bonds is 2. The molecule has 64 valence electrons. The van der Waals surface area contributed by atoms with Gasteiger partial charge in [-0.2, -0.15) is 0 Å². The Balaban J connectivity index is 2.46. The van der Waals surface area contributed by atoms with Crippen LogP contribution in [0.2, 0.25) is 0 Å². The van der Waals surface area contributed by atoms with Gasteiger partial charge in [0.1, 0.15) is 6.04 Å². The zero-order chi connectivity index (χ0) is 9.14. The summed E-state index contributed by atoms with van der Waals surface area (Å²) in [5.41, 5.74) is 0. The number of aliphatic hydroxyl groups excluding tert-OH is 1. The molecule has 1 saturated heterocycles. The van der Waals surface area contributed by atoms with E-state index in [4.69, 9.17) is 13.0 Å². The molecule has 2 atom stereocenters. The minimum Gasteiger partial charge on any atom is -0.394 e. The van der Waals surface area contributed by atoms with Crippen LogP contribution >= 0.6 is 0 Å². The minimum atomic E-state index is -0.728. The maximum atomic E-state index is 11.0. The van der Waals surface area contributed by atoms with Crippen molar-refractivity contribution in [2.24, 2.45) is 0 Å². The number of amides is 2. The zero-order valence-electron chi connectivity index (χ0n) is 6.41. The lowest BCUT2D eigenvalue weighted by Gasteiger charge is -2.06. The Morgan fingerprint density at radius 3 is 2.92 bits per heavy atom. The lowest BCUT2D eigenvalue weighted by atomic mass is 10.1. The van der Waals surface area contributed by atoms with Gasteiger partial charge in [-0.15, -0.1) is 0 Å². The first kappa shape index (κ1) is 9.06. The Kier molecular flexibility index (Phi) is 2.70. The Morgan fingerprint density at radius 2 is 2.50 bits per heavy atom. The van der Waals surface area contributed by atoms with Crippen LogP contribution in [0.25, 0.3) is 0 Å². The lowest BCUT2D eigenvalue weighted by Crippen LogP contribution is -2.39. The molecule has 1 aliphatic heterocycles. The molecule has 0 aliphatic carbocycles. The minimum absolute atomic E-state index is 0.122. The molecule has 1 aliphatic rings. The fraction of sp³-hybridized carbons (Fsp3) is 0.667. The van der Waals surface area contributed by atoms with Crippen molar-refractivity contribution >= 4 is 19.6 Å². The molecule has 0 aromatic carbocycles. The number of carbonyl (C=O) groups is 2. The van der Waals surface area contributed by atoms with Crippen molar-refractivity contribution in [2.75, 3.05) is 6.61 Å². The van der Waals surface area contributed by atoms with Crippen molar-refractivity contribution in [2.45, 2.75) is 18.5 Å². The molecule has 1 heterocycles. The molecule has 12 heavy (non-hydrogen) atoms. The van der Waals surface area contributed by atoms with Gasteiger partial charge in [0, 0.05) is 0 Å². The first-order valence-corrected chi connectivity index (χ1v) is 3.60. The SMILES string of the molecule is [B]C(=O)N[C@@H]1C[C@H](CO)NC1=O. The number of carbonyl (C=O) groups excluding carboxylic acids is 2. The quantitative estimate of drug-likeness (QED) is 0.422. The summed E-state index contributed by atoms with van der Waals surface area (Å²) in [6, 6.07) is -0.867. The van der Waals surface area contributed by atoms with E-state index in [0.717, 1.165) is 0 Å². The first-order chi connectivity index (χ1) is 5.63. The first-order valence-electron chi connectivity index (χ1n) is 3.60. The van der Waals surface area contributed by atoms with E-state index >= 15 is 0 Å². The third kappa shape index (κ3) is 1.98. The van der Waals surface area contributed by atoms with E-state index in [1.54, 1.807) is 0 Å². The highest BCUT2D eigenvalue weighted by molar-refractivity contribution is 6.57. The fourth-order valence-corrected chi connectivity index (χ4v) is 1.17. The van der Waals surface area contributed by atoms with Crippen molar-refractivity contribution < 1.29 is 14.7 Å². The summed E-state index contributed by atoms with van der Waals surface area (Å²) in [5, 5.41) is 13.4. The summed E-state index contributed by atoms with van der Waals surface area (Å²) >= 11 is 0. The van der Waals surface area contributed by atoms with E-state index in [0.29, 0.717) is 6.42 Å². The van der Waals surface area contributed by atoms with Crippen molar-refractivity contribution in [3.8, 4) is 0 Å². The molecular weight excluding hydrogens is 159 g/mol. The molecule has 5 nitrogen and oxygen atoms in total. The summed E-state index contributed by atoms with van der Waals surface area (Å²) < 4.78 is 0. The van der Waals surface area contributed by atoms with Gasteiger partial charge in [0.2, 0.25) is 13.8 Å². The summed E-state index contributed by atoms with van der Waals surface area (Å²) in [5.74, 6) is -1.03. The van der Waals surface area contributed by atoms with Crippen LogP contribution < -0.4 is 10.6 Å². The normalized spacial score (nSPS) is 28.2. The molecule has 0 aromatic rings. The van der Waals surface area contributed by atoms with Gasteiger partial charge in [-0.05, 0) is 6.42 Å². The Labute approximate surface area is 70.9 Å². The van der Waals surface area contributed by atoms with Gasteiger partial charge >= 0.3 is 0 Å². The van der Waals surface area contributed by atoms with Crippen LogP contribution in [0.1, 0.15) is 6.42 Å². The number of aliphatic hydroxyl groups is 1. The lowest BCUT2D eigenvalue weighted by molar-refractivity contribution is -0.120. The molecule has 0 unspecified atom stereocenters. The Hall–Kier alpha value is -1.04. The van der Waals surface area contributed by atoms with Crippen LogP contribution in [0.4, 0.5) is 4.79 Å². The zero-order valence-corrected chi connectivity index (χ0v) is 6.41. The predicted octanol–water partition coefficient (Wildman–Crippen LogP) is -1.89. The molecule has 1 fully saturated rings. The van der Waals surface area contributed by atoms with Gasteiger partial charge in [0.05, 0.1) is 12.6 Å². The Morgan fingerprint density at radius 1 is 1.83 bits per heavy atom. The summed E-state index contributed by atoms with van der Waals surface area (Å²) in [7, 11) is 4.83. The molecule has 0 saturated carbocycles. The molecule has 3 N–H and O–H groups in total. The van der Waals surface area contributed by atoms with Gasteiger partial charge < -0.3 is 15.7 Å². The number of hydrogen-bond acceptors (Lipinski definition) is 3. The topological polar surface area (TPSA) is 78.4 Å². The number of nitrogens with one attached hydrogen (secondary N) is 2. The third-order valence-corrected chi connectivity index (χ3v) is 1.72. The summed E-state index contributed by atoms with van der Waals surface area (Å²) in [4.78, 5) is 21.4.